The van der Waals surface area contributed by atoms with Gasteiger partial charge in [-0.05, 0) is 30.5 Å². The molecule has 0 bridgehead atoms. The van der Waals surface area contributed by atoms with Gasteiger partial charge in [0.1, 0.15) is 5.82 Å². The van der Waals surface area contributed by atoms with Crippen LogP contribution in [-0.4, -0.2) is 22.0 Å². The van der Waals surface area contributed by atoms with Crippen LogP contribution in [0.3, 0.4) is 0 Å². The lowest BCUT2D eigenvalue weighted by Gasteiger charge is -2.15. The molecule has 0 saturated heterocycles. The summed E-state index contributed by atoms with van der Waals surface area (Å²) < 4.78 is 0. The first-order valence-electron chi connectivity index (χ1n) is 6.69. The quantitative estimate of drug-likeness (QED) is 0.902. The van der Waals surface area contributed by atoms with Gasteiger partial charge in [0.05, 0.1) is 5.41 Å². The van der Waals surface area contributed by atoms with Crippen molar-refractivity contribution in [2.75, 3.05) is 5.32 Å². The molecular formula is C16H14N2O3. The molecule has 21 heavy (non-hydrogen) atoms. The molecule has 2 N–H and O–H groups in total. The monoisotopic (exact) mass is 282 g/mol. The second-order valence-electron chi connectivity index (χ2n) is 5.12. The highest BCUT2D eigenvalue weighted by molar-refractivity contribution is 6.01. The first kappa shape index (κ1) is 13.3. The maximum atomic E-state index is 12.5. The largest absolute Gasteiger partial charge is 0.477 e. The summed E-state index contributed by atoms with van der Waals surface area (Å²) in [6.07, 6.45) is 1.59. The molecule has 1 aromatic heterocycles. The summed E-state index contributed by atoms with van der Waals surface area (Å²) >= 11 is 0. The summed E-state index contributed by atoms with van der Waals surface area (Å²) in [4.78, 5) is 27.3. The smallest absolute Gasteiger partial charge is 0.354 e. The molecule has 5 nitrogen and oxygen atoms in total. The van der Waals surface area contributed by atoms with E-state index in [0.29, 0.717) is 0 Å². The Morgan fingerprint density at radius 3 is 2.38 bits per heavy atom. The predicted octanol–water partition coefficient (Wildman–Crippen LogP) is 2.45. The maximum absolute atomic E-state index is 12.5. The zero-order valence-electron chi connectivity index (χ0n) is 11.2. The Balaban J connectivity index is 1.81. The van der Waals surface area contributed by atoms with Crippen molar-refractivity contribution in [2.45, 2.75) is 18.3 Å². The molecule has 1 amide bonds. The van der Waals surface area contributed by atoms with Crippen LogP contribution in [0.1, 0.15) is 28.9 Å². The minimum atomic E-state index is -1.12. The molecule has 1 aliphatic carbocycles. The first-order valence-corrected chi connectivity index (χ1v) is 6.69. The minimum Gasteiger partial charge on any atom is -0.477 e. The van der Waals surface area contributed by atoms with Crippen molar-refractivity contribution in [3.05, 3.63) is 59.8 Å². The number of pyridine rings is 1. The van der Waals surface area contributed by atoms with Gasteiger partial charge in [-0.1, -0.05) is 36.4 Å². The van der Waals surface area contributed by atoms with E-state index in [-0.39, 0.29) is 17.4 Å². The third-order valence-corrected chi connectivity index (χ3v) is 3.72. The number of nitrogens with one attached hydrogen (secondary N) is 1. The van der Waals surface area contributed by atoms with Crippen LogP contribution in [0.25, 0.3) is 0 Å². The number of amides is 1. The molecule has 1 heterocycles. The molecule has 0 unspecified atom stereocenters. The number of nitrogens with zero attached hydrogens (tertiary/aromatic N) is 1. The number of carbonyl (C=O) groups is 2. The highest BCUT2D eigenvalue weighted by Gasteiger charge is 2.51. The number of anilines is 1. The summed E-state index contributed by atoms with van der Waals surface area (Å²) in [6.45, 7) is 0. The fourth-order valence-corrected chi connectivity index (χ4v) is 2.39. The molecule has 5 heteroatoms. The normalized spacial score (nSPS) is 15.2. The maximum Gasteiger partial charge on any atom is 0.354 e. The van der Waals surface area contributed by atoms with Crippen LogP contribution >= 0.6 is 0 Å². The van der Waals surface area contributed by atoms with Crippen molar-refractivity contribution in [3.63, 3.8) is 0 Å². The van der Waals surface area contributed by atoms with E-state index < -0.39 is 11.4 Å². The lowest BCUT2D eigenvalue weighted by molar-refractivity contribution is -0.118. The number of carbonyl (C=O) groups excluding carboxylic acids is 1. The minimum absolute atomic E-state index is 0.0858. The van der Waals surface area contributed by atoms with Gasteiger partial charge in [-0.2, -0.15) is 0 Å². The van der Waals surface area contributed by atoms with Gasteiger partial charge in [-0.15, -0.1) is 0 Å². The Bertz CT molecular complexity index is 694. The number of hydrogen-bond acceptors (Lipinski definition) is 3. The van der Waals surface area contributed by atoms with E-state index in [9.17, 15) is 9.59 Å². The second-order valence-corrected chi connectivity index (χ2v) is 5.12. The van der Waals surface area contributed by atoms with Crippen LogP contribution in [0.15, 0.2) is 48.5 Å². The molecule has 1 aliphatic rings. The molecule has 0 spiro atoms. The third kappa shape index (κ3) is 2.50. The Kier molecular flexibility index (Phi) is 3.17. The number of aromatic carboxylic acids is 1. The topological polar surface area (TPSA) is 79.3 Å². The zero-order valence-corrected chi connectivity index (χ0v) is 11.2. The SMILES string of the molecule is O=C(O)c1cccc(NC(=O)C2(c3ccccc3)CC2)n1. The lowest BCUT2D eigenvalue weighted by Crippen LogP contribution is -2.28. The van der Waals surface area contributed by atoms with E-state index in [1.165, 1.54) is 6.07 Å². The zero-order chi connectivity index (χ0) is 14.9. The molecule has 1 fully saturated rings. The van der Waals surface area contributed by atoms with E-state index in [1.807, 2.05) is 30.3 Å². The Morgan fingerprint density at radius 2 is 1.76 bits per heavy atom. The van der Waals surface area contributed by atoms with Crippen LogP contribution in [0.5, 0.6) is 0 Å². The fraction of sp³-hybridized carbons (Fsp3) is 0.188. The van der Waals surface area contributed by atoms with E-state index in [1.54, 1.807) is 12.1 Å². The second kappa shape index (κ2) is 5.01. The average Bonchev–Trinajstić information content (AvgIpc) is 3.30. The number of carboxylic acids is 1. The number of aromatic nitrogens is 1. The van der Waals surface area contributed by atoms with Crippen LogP contribution in [0, 0.1) is 0 Å². The van der Waals surface area contributed by atoms with Crippen LogP contribution in [0.2, 0.25) is 0 Å². The van der Waals surface area contributed by atoms with Crippen LogP contribution in [0.4, 0.5) is 5.82 Å². The van der Waals surface area contributed by atoms with Gasteiger partial charge < -0.3 is 10.4 Å². The van der Waals surface area contributed by atoms with Gasteiger partial charge >= 0.3 is 5.97 Å². The molecule has 0 radical (unpaired) electrons. The number of benzene rings is 1. The Labute approximate surface area is 121 Å². The number of hydrogen-bond donors (Lipinski definition) is 2. The van der Waals surface area contributed by atoms with E-state index >= 15 is 0 Å². The highest BCUT2D eigenvalue weighted by Crippen LogP contribution is 2.48. The van der Waals surface area contributed by atoms with Gasteiger partial charge in [0.15, 0.2) is 5.69 Å². The van der Waals surface area contributed by atoms with Gasteiger partial charge in [-0.3, -0.25) is 4.79 Å². The molecule has 0 atom stereocenters. The number of carboxylic acid groups (broad SMARTS) is 1. The van der Waals surface area contributed by atoms with Crippen molar-refractivity contribution in [1.82, 2.24) is 4.98 Å². The van der Waals surface area contributed by atoms with Gasteiger partial charge in [0, 0.05) is 0 Å². The average molecular weight is 282 g/mol. The van der Waals surface area contributed by atoms with Gasteiger partial charge in [-0.25, -0.2) is 9.78 Å². The molecule has 106 valence electrons. The van der Waals surface area contributed by atoms with Crippen molar-refractivity contribution in [2.24, 2.45) is 0 Å². The number of rotatable bonds is 4. The first-order chi connectivity index (χ1) is 10.1. The van der Waals surface area contributed by atoms with Crippen molar-refractivity contribution in [3.8, 4) is 0 Å². The predicted molar refractivity (Wildman–Crippen MR) is 77.2 cm³/mol. The third-order valence-electron chi connectivity index (χ3n) is 3.72. The molecule has 2 aromatic rings. The van der Waals surface area contributed by atoms with Crippen molar-refractivity contribution >= 4 is 17.7 Å². The van der Waals surface area contributed by atoms with E-state index in [4.69, 9.17) is 5.11 Å². The fourth-order valence-electron chi connectivity index (χ4n) is 2.39. The molecule has 1 aromatic carbocycles. The van der Waals surface area contributed by atoms with Crippen molar-refractivity contribution < 1.29 is 14.7 Å². The Morgan fingerprint density at radius 1 is 1.05 bits per heavy atom. The molecule has 0 aliphatic heterocycles. The summed E-state index contributed by atoms with van der Waals surface area (Å²) in [6, 6.07) is 14.1. The summed E-state index contributed by atoms with van der Waals surface area (Å²) in [5.41, 5.74) is 0.400. The Hall–Kier alpha value is -2.69. The van der Waals surface area contributed by atoms with E-state index in [2.05, 4.69) is 10.3 Å². The molecular weight excluding hydrogens is 268 g/mol. The standard InChI is InChI=1S/C16H14N2O3/c19-14(20)12-7-4-8-13(17-12)18-15(21)16(9-10-16)11-5-2-1-3-6-11/h1-8H,9-10H2,(H,19,20)(H,17,18,21). The highest BCUT2D eigenvalue weighted by atomic mass is 16.4. The summed E-state index contributed by atoms with van der Waals surface area (Å²) in [5.74, 6) is -0.985. The summed E-state index contributed by atoms with van der Waals surface area (Å²) in [7, 11) is 0. The van der Waals surface area contributed by atoms with Gasteiger partial charge in [0.25, 0.3) is 0 Å². The molecule has 1 saturated carbocycles. The molecule has 3 rings (SSSR count). The van der Waals surface area contributed by atoms with Crippen molar-refractivity contribution in [1.29, 1.82) is 0 Å². The summed E-state index contributed by atoms with van der Waals surface area (Å²) in [5, 5.41) is 11.6. The van der Waals surface area contributed by atoms with Crippen LogP contribution < -0.4 is 5.32 Å². The van der Waals surface area contributed by atoms with Gasteiger partial charge in [0.2, 0.25) is 5.91 Å². The van der Waals surface area contributed by atoms with E-state index in [0.717, 1.165) is 18.4 Å². The lowest BCUT2D eigenvalue weighted by atomic mass is 9.95. The van der Waals surface area contributed by atoms with Crippen LogP contribution in [-0.2, 0) is 10.2 Å².